The van der Waals surface area contributed by atoms with Gasteiger partial charge in [-0.2, -0.15) is 5.26 Å². The number of thiazole rings is 1. The van der Waals surface area contributed by atoms with Gasteiger partial charge in [0.15, 0.2) is 0 Å². The Hall–Kier alpha value is -2.46. The average Bonchev–Trinajstić information content (AvgIpc) is 2.89. The smallest absolute Gasteiger partial charge is 0.270 e. The van der Waals surface area contributed by atoms with Crippen LogP contribution in [0.25, 0.3) is 0 Å². The van der Waals surface area contributed by atoms with Crippen molar-refractivity contribution < 1.29 is 4.92 Å². The summed E-state index contributed by atoms with van der Waals surface area (Å²) in [7, 11) is 0. The number of nitro groups is 1. The van der Waals surface area contributed by atoms with E-state index >= 15 is 0 Å². The van der Waals surface area contributed by atoms with Gasteiger partial charge >= 0.3 is 0 Å². The maximum absolute atomic E-state index is 10.6. The zero-order valence-corrected chi connectivity index (χ0v) is 9.98. The molecule has 2 rings (SSSR count). The maximum atomic E-state index is 10.6. The molecule has 0 atom stereocenters. The van der Waals surface area contributed by atoms with Crippen LogP contribution >= 0.6 is 11.3 Å². The molecule has 18 heavy (non-hydrogen) atoms. The van der Waals surface area contributed by atoms with Gasteiger partial charge in [-0.15, -0.1) is 11.3 Å². The molecular weight excluding hydrogens is 252 g/mol. The van der Waals surface area contributed by atoms with Crippen molar-refractivity contribution in [3.8, 4) is 6.07 Å². The quantitative estimate of drug-likeness (QED) is 0.673. The van der Waals surface area contributed by atoms with Crippen LogP contribution in [0, 0.1) is 21.4 Å². The Bertz CT molecular complexity index is 604. The fourth-order valence-electron chi connectivity index (χ4n) is 1.40. The van der Waals surface area contributed by atoms with E-state index in [1.807, 2.05) is 11.4 Å². The molecule has 1 heterocycles. The van der Waals surface area contributed by atoms with E-state index in [2.05, 4.69) is 10.3 Å². The number of anilines is 1. The first-order valence-corrected chi connectivity index (χ1v) is 5.94. The van der Waals surface area contributed by atoms with Gasteiger partial charge in [0, 0.05) is 17.5 Å². The van der Waals surface area contributed by atoms with Gasteiger partial charge in [-0.25, -0.2) is 4.98 Å². The van der Waals surface area contributed by atoms with Crippen molar-refractivity contribution >= 4 is 22.7 Å². The third-order valence-corrected chi connectivity index (χ3v) is 2.91. The highest BCUT2D eigenvalue weighted by atomic mass is 32.1. The van der Waals surface area contributed by atoms with Crippen LogP contribution in [0.2, 0.25) is 0 Å². The molecule has 0 bridgehead atoms. The van der Waals surface area contributed by atoms with E-state index in [1.165, 1.54) is 29.5 Å². The van der Waals surface area contributed by atoms with Gasteiger partial charge in [-0.3, -0.25) is 10.1 Å². The lowest BCUT2D eigenvalue weighted by Gasteiger charge is -2.06. The second-order valence-corrected chi connectivity index (χ2v) is 4.15. The van der Waals surface area contributed by atoms with Gasteiger partial charge in [0.1, 0.15) is 6.07 Å². The van der Waals surface area contributed by atoms with E-state index in [9.17, 15) is 10.1 Å². The van der Waals surface area contributed by atoms with Gasteiger partial charge in [-0.05, 0) is 6.07 Å². The first-order valence-electron chi connectivity index (χ1n) is 5.00. The summed E-state index contributed by atoms with van der Waals surface area (Å²) >= 11 is 1.49. The minimum absolute atomic E-state index is 0.0919. The molecule has 0 saturated carbocycles. The summed E-state index contributed by atoms with van der Waals surface area (Å²) in [6.07, 6.45) is 0. The molecule has 0 spiro atoms. The van der Waals surface area contributed by atoms with Crippen LogP contribution in [0.5, 0.6) is 0 Å². The fourth-order valence-corrected chi connectivity index (χ4v) is 1.96. The molecule has 1 aromatic heterocycles. The summed E-state index contributed by atoms with van der Waals surface area (Å²) in [6.45, 7) is 0.482. The van der Waals surface area contributed by atoms with E-state index in [0.29, 0.717) is 12.2 Å². The van der Waals surface area contributed by atoms with Crippen molar-refractivity contribution in [3.05, 3.63) is 50.5 Å². The second-order valence-electron chi connectivity index (χ2n) is 3.43. The van der Waals surface area contributed by atoms with E-state index in [-0.39, 0.29) is 11.3 Å². The molecule has 0 unspecified atom stereocenters. The molecule has 0 radical (unpaired) electrons. The highest BCUT2D eigenvalue weighted by molar-refractivity contribution is 7.07. The molecule has 0 fully saturated rings. The number of nitro benzene ring substituents is 1. The molecule has 1 N–H and O–H groups in total. The van der Waals surface area contributed by atoms with Crippen molar-refractivity contribution in [2.45, 2.75) is 6.54 Å². The Morgan fingerprint density at radius 3 is 3.00 bits per heavy atom. The standard InChI is InChI=1S/C11H8N4O2S/c12-4-8-3-10(15(16)17)1-2-11(8)13-5-9-6-18-7-14-9/h1-3,6-7,13H,5H2. The van der Waals surface area contributed by atoms with Gasteiger partial charge in [0.25, 0.3) is 5.69 Å². The topological polar surface area (TPSA) is 91.8 Å². The van der Waals surface area contributed by atoms with Crippen molar-refractivity contribution in [1.82, 2.24) is 4.98 Å². The highest BCUT2D eigenvalue weighted by Gasteiger charge is 2.10. The Kier molecular flexibility index (Phi) is 3.50. The van der Waals surface area contributed by atoms with Gasteiger partial charge in [0.05, 0.1) is 33.9 Å². The number of nitriles is 1. The number of hydrogen-bond donors (Lipinski definition) is 1. The Balaban J connectivity index is 2.18. The highest BCUT2D eigenvalue weighted by Crippen LogP contribution is 2.21. The lowest BCUT2D eigenvalue weighted by molar-refractivity contribution is -0.384. The largest absolute Gasteiger partial charge is 0.378 e. The zero-order chi connectivity index (χ0) is 13.0. The van der Waals surface area contributed by atoms with Crippen LogP contribution in [0.15, 0.2) is 29.1 Å². The van der Waals surface area contributed by atoms with Gasteiger partial charge in [0.2, 0.25) is 0 Å². The van der Waals surface area contributed by atoms with Crippen LogP contribution in [-0.2, 0) is 6.54 Å². The average molecular weight is 260 g/mol. The number of non-ortho nitro benzene ring substituents is 1. The third-order valence-electron chi connectivity index (χ3n) is 2.28. The lowest BCUT2D eigenvalue weighted by atomic mass is 10.1. The minimum Gasteiger partial charge on any atom is -0.378 e. The number of aromatic nitrogens is 1. The molecule has 0 aliphatic heterocycles. The number of rotatable bonds is 4. The van der Waals surface area contributed by atoms with Crippen molar-refractivity contribution in [2.24, 2.45) is 0 Å². The summed E-state index contributed by atoms with van der Waals surface area (Å²) < 4.78 is 0. The van der Waals surface area contributed by atoms with Gasteiger partial charge < -0.3 is 5.32 Å². The van der Waals surface area contributed by atoms with Crippen LogP contribution in [0.1, 0.15) is 11.3 Å². The molecule has 2 aromatic rings. The number of nitrogens with zero attached hydrogens (tertiary/aromatic N) is 3. The first kappa shape index (κ1) is 12.0. The molecule has 6 nitrogen and oxygen atoms in total. The summed E-state index contributed by atoms with van der Waals surface area (Å²) in [5.74, 6) is 0. The van der Waals surface area contributed by atoms with Crippen LogP contribution < -0.4 is 5.32 Å². The summed E-state index contributed by atoms with van der Waals surface area (Å²) in [5.41, 5.74) is 3.31. The van der Waals surface area contributed by atoms with E-state index in [4.69, 9.17) is 5.26 Å². The molecule has 0 aliphatic rings. The number of hydrogen-bond acceptors (Lipinski definition) is 6. The van der Waals surface area contributed by atoms with Crippen LogP contribution in [0.3, 0.4) is 0 Å². The first-order chi connectivity index (χ1) is 8.70. The Morgan fingerprint density at radius 1 is 1.56 bits per heavy atom. The van der Waals surface area contributed by atoms with Crippen LogP contribution in [-0.4, -0.2) is 9.91 Å². The monoisotopic (exact) mass is 260 g/mol. The summed E-state index contributed by atoms with van der Waals surface area (Å²) in [5, 5.41) is 24.5. The molecule has 7 heteroatoms. The molecule has 0 amide bonds. The molecular formula is C11H8N4O2S. The van der Waals surface area contributed by atoms with E-state index in [0.717, 1.165) is 5.69 Å². The minimum atomic E-state index is -0.523. The summed E-state index contributed by atoms with van der Waals surface area (Å²) in [4.78, 5) is 14.2. The Labute approximate surface area is 107 Å². The van der Waals surface area contributed by atoms with Crippen molar-refractivity contribution in [2.75, 3.05) is 5.32 Å². The predicted molar refractivity (Wildman–Crippen MR) is 67.3 cm³/mol. The normalized spacial score (nSPS) is 9.72. The molecule has 90 valence electrons. The fraction of sp³-hybridized carbons (Fsp3) is 0.0909. The van der Waals surface area contributed by atoms with Gasteiger partial charge in [-0.1, -0.05) is 0 Å². The van der Waals surface area contributed by atoms with E-state index < -0.39 is 4.92 Å². The zero-order valence-electron chi connectivity index (χ0n) is 9.16. The predicted octanol–water partition coefficient (Wildman–Crippen LogP) is 2.54. The molecule has 0 saturated heterocycles. The Morgan fingerprint density at radius 2 is 2.39 bits per heavy atom. The molecule has 0 aliphatic carbocycles. The molecule has 1 aromatic carbocycles. The van der Waals surface area contributed by atoms with E-state index in [1.54, 1.807) is 5.51 Å². The van der Waals surface area contributed by atoms with Crippen molar-refractivity contribution in [3.63, 3.8) is 0 Å². The summed E-state index contributed by atoms with van der Waals surface area (Å²) in [6, 6.07) is 6.09. The SMILES string of the molecule is N#Cc1cc([N+](=O)[O-])ccc1NCc1cscn1. The third kappa shape index (κ3) is 2.61. The lowest BCUT2D eigenvalue weighted by Crippen LogP contribution is -2.02. The number of benzene rings is 1. The second kappa shape index (κ2) is 5.25. The maximum Gasteiger partial charge on any atom is 0.270 e. The number of nitrogens with one attached hydrogen (secondary N) is 1. The van der Waals surface area contributed by atoms with Crippen molar-refractivity contribution in [1.29, 1.82) is 5.26 Å². The van der Waals surface area contributed by atoms with Crippen LogP contribution in [0.4, 0.5) is 11.4 Å².